The third-order valence-electron chi connectivity index (χ3n) is 3.22. The molecule has 2 atom stereocenters. The Kier molecular flexibility index (Phi) is 2.97. The van der Waals surface area contributed by atoms with Gasteiger partial charge < -0.3 is 4.79 Å². The summed E-state index contributed by atoms with van der Waals surface area (Å²) < 4.78 is 0. The van der Waals surface area contributed by atoms with Crippen molar-refractivity contribution in [2.45, 2.75) is 31.6 Å². The predicted octanol–water partition coefficient (Wildman–Crippen LogP) is 3.16. The van der Waals surface area contributed by atoms with E-state index in [9.17, 15) is 4.79 Å². The average Bonchev–Trinajstić information content (AvgIpc) is 2.30. The molecule has 0 heterocycles. The van der Waals surface area contributed by atoms with Gasteiger partial charge in [-0.3, -0.25) is 0 Å². The zero-order valence-corrected chi connectivity index (χ0v) is 8.36. The third-order valence-corrected chi connectivity index (χ3v) is 3.22. The van der Waals surface area contributed by atoms with Crippen LogP contribution in [0.15, 0.2) is 30.3 Å². The topological polar surface area (TPSA) is 17.1 Å². The van der Waals surface area contributed by atoms with E-state index in [4.69, 9.17) is 0 Å². The minimum atomic E-state index is 0.256. The summed E-state index contributed by atoms with van der Waals surface area (Å²) in [5.41, 5.74) is 1.34. The van der Waals surface area contributed by atoms with Crippen LogP contribution in [0.2, 0.25) is 0 Å². The highest BCUT2D eigenvalue weighted by Crippen LogP contribution is 2.36. The summed E-state index contributed by atoms with van der Waals surface area (Å²) in [6, 6.07) is 10.4. The average molecular weight is 188 g/mol. The maximum absolute atomic E-state index is 10.9. The van der Waals surface area contributed by atoms with E-state index < -0.39 is 0 Å². The second-order valence-corrected chi connectivity index (χ2v) is 4.10. The molecule has 1 aromatic carbocycles. The Balaban J connectivity index is 2.19. The molecule has 0 bridgehead atoms. The van der Waals surface area contributed by atoms with Crippen molar-refractivity contribution in [2.75, 3.05) is 0 Å². The van der Waals surface area contributed by atoms with Crippen LogP contribution in [-0.4, -0.2) is 6.29 Å². The van der Waals surface area contributed by atoms with Crippen molar-refractivity contribution in [3.05, 3.63) is 35.9 Å². The van der Waals surface area contributed by atoms with Gasteiger partial charge in [0.1, 0.15) is 6.29 Å². The fourth-order valence-electron chi connectivity index (χ4n) is 2.44. The lowest BCUT2D eigenvalue weighted by Gasteiger charge is -2.27. The fraction of sp³-hybridized carbons (Fsp3) is 0.462. The van der Waals surface area contributed by atoms with Crippen LogP contribution in [0.3, 0.4) is 0 Å². The molecule has 2 rings (SSSR count). The van der Waals surface area contributed by atoms with Crippen LogP contribution in [0, 0.1) is 5.92 Å². The first-order valence-corrected chi connectivity index (χ1v) is 5.42. The minimum absolute atomic E-state index is 0.256. The van der Waals surface area contributed by atoms with Crippen LogP contribution in [-0.2, 0) is 4.79 Å². The summed E-state index contributed by atoms with van der Waals surface area (Å²) in [4.78, 5) is 10.9. The monoisotopic (exact) mass is 188 g/mol. The third kappa shape index (κ3) is 1.87. The maximum atomic E-state index is 10.9. The van der Waals surface area contributed by atoms with Gasteiger partial charge in [-0.2, -0.15) is 0 Å². The van der Waals surface area contributed by atoms with Gasteiger partial charge in [0.2, 0.25) is 0 Å². The number of aldehydes is 1. The molecular weight excluding hydrogens is 172 g/mol. The summed E-state index contributed by atoms with van der Waals surface area (Å²) >= 11 is 0. The largest absolute Gasteiger partial charge is 0.303 e. The molecule has 1 aliphatic rings. The van der Waals surface area contributed by atoms with E-state index in [0.29, 0.717) is 5.92 Å². The zero-order chi connectivity index (χ0) is 9.80. The lowest BCUT2D eigenvalue weighted by atomic mass is 9.76. The number of hydrogen-bond acceptors (Lipinski definition) is 1. The van der Waals surface area contributed by atoms with Crippen molar-refractivity contribution in [1.29, 1.82) is 0 Å². The fourth-order valence-corrected chi connectivity index (χ4v) is 2.44. The van der Waals surface area contributed by atoms with Crippen LogP contribution in [0.4, 0.5) is 0 Å². The maximum Gasteiger partial charge on any atom is 0.123 e. The van der Waals surface area contributed by atoms with E-state index in [1.54, 1.807) is 0 Å². The first kappa shape index (κ1) is 9.45. The van der Waals surface area contributed by atoms with Crippen molar-refractivity contribution in [3.63, 3.8) is 0 Å². The molecule has 1 nitrogen and oxygen atoms in total. The highest BCUT2D eigenvalue weighted by Gasteiger charge is 2.25. The van der Waals surface area contributed by atoms with E-state index in [2.05, 4.69) is 24.3 Å². The van der Waals surface area contributed by atoms with Gasteiger partial charge in [0.05, 0.1) is 0 Å². The molecular formula is C13H16O. The predicted molar refractivity (Wildman–Crippen MR) is 57.2 cm³/mol. The Labute approximate surface area is 85.1 Å². The molecule has 0 unspecified atom stereocenters. The molecule has 0 spiro atoms. The zero-order valence-electron chi connectivity index (χ0n) is 8.36. The smallest absolute Gasteiger partial charge is 0.123 e. The second-order valence-electron chi connectivity index (χ2n) is 4.10. The van der Waals surface area contributed by atoms with Crippen molar-refractivity contribution in [3.8, 4) is 0 Å². The minimum Gasteiger partial charge on any atom is -0.303 e. The first-order chi connectivity index (χ1) is 6.92. The molecule has 0 aliphatic heterocycles. The molecule has 0 N–H and O–H groups in total. The number of benzene rings is 1. The standard InChI is InChI=1S/C13H16O/c14-10-12-8-4-5-9-13(12)11-6-2-1-3-7-11/h1-3,6-7,10,12-13H,4-5,8-9H2/t12-,13+/m0/s1. The van der Waals surface area contributed by atoms with Crippen LogP contribution in [0.1, 0.15) is 37.2 Å². The highest BCUT2D eigenvalue weighted by molar-refractivity contribution is 5.56. The summed E-state index contributed by atoms with van der Waals surface area (Å²) in [5.74, 6) is 0.730. The Hall–Kier alpha value is -1.11. The van der Waals surface area contributed by atoms with Gasteiger partial charge in [-0.1, -0.05) is 43.2 Å². The van der Waals surface area contributed by atoms with Gasteiger partial charge in [-0.05, 0) is 24.3 Å². The van der Waals surface area contributed by atoms with Crippen LogP contribution in [0.25, 0.3) is 0 Å². The van der Waals surface area contributed by atoms with Gasteiger partial charge in [0.15, 0.2) is 0 Å². The summed E-state index contributed by atoms with van der Waals surface area (Å²) in [7, 11) is 0. The molecule has 1 heteroatoms. The lowest BCUT2D eigenvalue weighted by molar-refractivity contribution is -0.112. The van der Waals surface area contributed by atoms with Crippen LogP contribution < -0.4 is 0 Å². The van der Waals surface area contributed by atoms with Gasteiger partial charge in [0.25, 0.3) is 0 Å². The van der Waals surface area contributed by atoms with E-state index in [-0.39, 0.29) is 5.92 Å². The number of hydrogen-bond donors (Lipinski definition) is 0. The molecule has 0 aromatic heterocycles. The van der Waals surface area contributed by atoms with Crippen LogP contribution >= 0.6 is 0 Å². The molecule has 1 fully saturated rings. The lowest BCUT2D eigenvalue weighted by Crippen LogP contribution is -2.18. The Morgan fingerprint density at radius 2 is 1.79 bits per heavy atom. The molecule has 74 valence electrons. The molecule has 1 aromatic rings. The van der Waals surface area contributed by atoms with Crippen molar-refractivity contribution >= 4 is 6.29 Å². The summed E-state index contributed by atoms with van der Waals surface area (Å²) in [5, 5.41) is 0. The van der Waals surface area contributed by atoms with Gasteiger partial charge in [-0.15, -0.1) is 0 Å². The van der Waals surface area contributed by atoms with E-state index in [1.807, 2.05) is 6.07 Å². The molecule has 1 saturated carbocycles. The first-order valence-electron chi connectivity index (χ1n) is 5.42. The Morgan fingerprint density at radius 3 is 2.50 bits per heavy atom. The van der Waals surface area contributed by atoms with E-state index >= 15 is 0 Å². The summed E-state index contributed by atoms with van der Waals surface area (Å²) in [6.45, 7) is 0. The molecule has 0 saturated heterocycles. The quantitative estimate of drug-likeness (QED) is 0.651. The Bertz CT molecular complexity index is 291. The van der Waals surface area contributed by atoms with Crippen molar-refractivity contribution in [1.82, 2.24) is 0 Å². The highest BCUT2D eigenvalue weighted by atomic mass is 16.1. The molecule has 1 aliphatic carbocycles. The second kappa shape index (κ2) is 4.41. The Morgan fingerprint density at radius 1 is 1.07 bits per heavy atom. The summed E-state index contributed by atoms with van der Waals surface area (Å²) in [6.07, 6.45) is 5.88. The van der Waals surface area contributed by atoms with Gasteiger partial charge in [-0.25, -0.2) is 0 Å². The van der Waals surface area contributed by atoms with E-state index in [1.165, 1.54) is 24.8 Å². The SMILES string of the molecule is O=C[C@@H]1CCCC[C@@H]1c1ccccc1. The van der Waals surface area contributed by atoms with Gasteiger partial charge >= 0.3 is 0 Å². The van der Waals surface area contributed by atoms with E-state index in [0.717, 1.165) is 12.7 Å². The number of carbonyl (C=O) groups excluding carboxylic acids is 1. The van der Waals surface area contributed by atoms with Gasteiger partial charge in [0, 0.05) is 5.92 Å². The van der Waals surface area contributed by atoms with Crippen molar-refractivity contribution in [2.24, 2.45) is 5.92 Å². The van der Waals surface area contributed by atoms with Crippen molar-refractivity contribution < 1.29 is 4.79 Å². The number of carbonyl (C=O) groups is 1. The van der Waals surface area contributed by atoms with Crippen LogP contribution in [0.5, 0.6) is 0 Å². The molecule has 14 heavy (non-hydrogen) atoms. The molecule has 0 radical (unpaired) electrons. The normalized spacial score (nSPS) is 27.1. The molecule has 0 amide bonds. The number of rotatable bonds is 2.